The van der Waals surface area contributed by atoms with Gasteiger partial charge in [0.05, 0.1) is 6.10 Å². The zero-order valence-electron chi connectivity index (χ0n) is 11.9. The number of nitrogens with two attached hydrogens (primary N) is 1. The monoisotopic (exact) mass is 250 g/mol. The maximum atomic E-state index is 5.84. The highest BCUT2D eigenvalue weighted by Gasteiger charge is 2.07. The Morgan fingerprint density at radius 2 is 2.06 bits per heavy atom. The van der Waals surface area contributed by atoms with Crippen LogP contribution in [0.2, 0.25) is 0 Å². The molecule has 1 unspecified atom stereocenters. The van der Waals surface area contributed by atoms with Crippen LogP contribution >= 0.6 is 0 Å². The predicted molar refractivity (Wildman–Crippen MR) is 75.7 cm³/mol. The van der Waals surface area contributed by atoms with Crippen LogP contribution in [0.3, 0.4) is 0 Å². The molecule has 0 saturated carbocycles. The molecule has 1 aromatic heterocycles. The van der Waals surface area contributed by atoms with Crippen molar-refractivity contribution in [2.75, 3.05) is 0 Å². The van der Waals surface area contributed by atoms with Gasteiger partial charge < -0.3 is 10.5 Å². The van der Waals surface area contributed by atoms with Crippen molar-refractivity contribution in [2.45, 2.75) is 65.0 Å². The van der Waals surface area contributed by atoms with Gasteiger partial charge >= 0.3 is 0 Å². The number of aromatic nitrogens is 1. The summed E-state index contributed by atoms with van der Waals surface area (Å²) in [6.07, 6.45) is 8.16. The molecule has 0 spiro atoms. The van der Waals surface area contributed by atoms with Gasteiger partial charge in [-0.1, -0.05) is 26.2 Å². The molecule has 2 N–H and O–H groups in total. The van der Waals surface area contributed by atoms with Gasteiger partial charge in [0.2, 0.25) is 5.88 Å². The number of ether oxygens (including phenoxy) is 1. The molecule has 0 fully saturated rings. The summed E-state index contributed by atoms with van der Waals surface area (Å²) >= 11 is 0. The topological polar surface area (TPSA) is 48.1 Å². The third-order valence-corrected chi connectivity index (χ3v) is 3.07. The summed E-state index contributed by atoms with van der Waals surface area (Å²) in [4.78, 5) is 4.23. The Bertz CT molecular complexity index is 339. The van der Waals surface area contributed by atoms with Gasteiger partial charge in [0, 0.05) is 18.3 Å². The van der Waals surface area contributed by atoms with E-state index in [0.717, 1.165) is 12.0 Å². The van der Waals surface area contributed by atoms with E-state index in [1.54, 1.807) is 6.20 Å². The number of hydrogen-bond acceptors (Lipinski definition) is 3. The first-order chi connectivity index (χ1) is 8.63. The molecule has 3 heteroatoms. The fourth-order valence-electron chi connectivity index (χ4n) is 1.90. The molecule has 18 heavy (non-hydrogen) atoms. The molecule has 0 aliphatic carbocycles. The van der Waals surface area contributed by atoms with E-state index in [-0.39, 0.29) is 12.1 Å². The van der Waals surface area contributed by atoms with E-state index in [1.807, 2.05) is 19.1 Å². The zero-order chi connectivity index (χ0) is 13.4. The summed E-state index contributed by atoms with van der Waals surface area (Å²) in [6.45, 7) is 6.29. The van der Waals surface area contributed by atoms with E-state index < -0.39 is 0 Å². The largest absolute Gasteiger partial charge is 0.475 e. The van der Waals surface area contributed by atoms with Gasteiger partial charge in [-0.3, -0.25) is 0 Å². The van der Waals surface area contributed by atoms with Crippen LogP contribution in [0, 0.1) is 0 Å². The maximum Gasteiger partial charge on any atom is 0.213 e. The standard InChI is InChI=1S/C15H26N2O/c1-4-5-6-7-8-12(2)18-15-11-14(13(3)16)9-10-17-15/h9-13H,4-8,16H2,1-3H3/t12?,13-/m0/s1. The molecule has 102 valence electrons. The van der Waals surface area contributed by atoms with Gasteiger partial charge in [-0.25, -0.2) is 4.98 Å². The fourth-order valence-corrected chi connectivity index (χ4v) is 1.90. The Kier molecular flexibility index (Phi) is 6.73. The second kappa shape index (κ2) is 8.09. The average Bonchev–Trinajstić information content (AvgIpc) is 2.35. The van der Waals surface area contributed by atoms with Crippen molar-refractivity contribution in [3.05, 3.63) is 23.9 Å². The Morgan fingerprint density at radius 1 is 1.28 bits per heavy atom. The smallest absolute Gasteiger partial charge is 0.213 e. The summed E-state index contributed by atoms with van der Waals surface area (Å²) < 4.78 is 5.82. The minimum atomic E-state index is 0.0233. The Labute approximate surface area is 111 Å². The van der Waals surface area contributed by atoms with Gasteiger partial charge in [0.15, 0.2) is 0 Å². The van der Waals surface area contributed by atoms with E-state index in [9.17, 15) is 0 Å². The third-order valence-electron chi connectivity index (χ3n) is 3.07. The summed E-state index contributed by atoms with van der Waals surface area (Å²) in [5.74, 6) is 0.688. The molecule has 0 saturated heterocycles. The van der Waals surface area contributed by atoms with Crippen LogP contribution in [-0.4, -0.2) is 11.1 Å². The fraction of sp³-hybridized carbons (Fsp3) is 0.667. The van der Waals surface area contributed by atoms with Crippen LogP contribution in [-0.2, 0) is 0 Å². The molecule has 0 radical (unpaired) electrons. The minimum absolute atomic E-state index is 0.0233. The molecule has 1 rings (SSSR count). The maximum absolute atomic E-state index is 5.84. The molecule has 1 heterocycles. The second-order valence-electron chi connectivity index (χ2n) is 4.99. The summed E-state index contributed by atoms with van der Waals surface area (Å²) in [5.41, 5.74) is 6.91. The Balaban J connectivity index is 2.39. The van der Waals surface area contributed by atoms with Crippen LogP contribution in [0.1, 0.15) is 64.5 Å². The van der Waals surface area contributed by atoms with Gasteiger partial charge in [-0.05, 0) is 38.3 Å². The predicted octanol–water partition coefficient (Wildman–Crippen LogP) is 3.84. The Morgan fingerprint density at radius 3 is 2.72 bits per heavy atom. The number of rotatable bonds is 8. The van der Waals surface area contributed by atoms with Crippen molar-refractivity contribution in [1.82, 2.24) is 4.98 Å². The van der Waals surface area contributed by atoms with Gasteiger partial charge in [0.1, 0.15) is 0 Å². The quantitative estimate of drug-likeness (QED) is 0.713. The van der Waals surface area contributed by atoms with Crippen LogP contribution < -0.4 is 10.5 Å². The molecule has 0 aromatic carbocycles. The molecular formula is C15H26N2O. The van der Waals surface area contributed by atoms with Crippen LogP contribution in [0.5, 0.6) is 5.88 Å². The Hall–Kier alpha value is -1.09. The first kappa shape index (κ1) is 15.0. The lowest BCUT2D eigenvalue weighted by atomic mass is 10.1. The van der Waals surface area contributed by atoms with Crippen molar-refractivity contribution in [3.8, 4) is 5.88 Å². The normalized spacial score (nSPS) is 14.2. The van der Waals surface area contributed by atoms with Gasteiger partial charge in [-0.15, -0.1) is 0 Å². The highest BCUT2D eigenvalue weighted by atomic mass is 16.5. The number of hydrogen-bond donors (Lipinski definition) is 1. The van der Waals surface area contributed by atoms with Gasteiger partial charge in [-0.2, -0.15) is 0 Å². The molecule has 2 atom stereocenters. The third kappa shape index (κ3) is 5.50. The van der Waals surface area contributed by atoms with E-state index in [1.165, 1.54) is 25.7 Å². The van der Waals surface area contributed by atoms with Crippen molar-refractivity contribution >= 4 is 0 Å². The van der Waals surface area contributed by atoms with Crippen LogP contribution in [0.25, 0.3) is 0 Å². The average molecular weight is 250 g/mol. The van der Waals surface area contributed by atoms with Crippen LogP contribution in [0.15, 0.2) is 18.3 Å². The van der Waals surface area contributed by atoms with Crippen molar-refractivity contribution < 1.29 is 4.74 Å². The van der Waals surface area contributed by atoms with Crippen LogP contribution in [0.4, 0.5) is 0 Å². The van der Waals surface area contributed by atoms with E-state index in [2.05, 4.69) is 18.8 Å². The number of pyridine rings is 1. The summed E-state index contributed by atoms with van der Waals surface area (Å²) in [5, 5.41) is 0. The first-order valence-electron chi connectivity index (χ1n) is 7.01. The lowest BCUT2D eigenvalue weighted by Gasteiger charge is -2.15. The SMILES string of the molecule is CCCCCCC(C)Oc1cc([C@H](C)N)ccn1. The summed E-state index contributed by atoms with van der Waals surface area (Å²) in [6, 6.07) is 3.90. The van der Waals surface area contributed by atoms with Crippen molar-refractivity contribution in [3.63, 3.8) is 0 Å². The van der Waals surface area contributed by atoms with E-state index in [4.69, 9.17) is 10.5 Å². The number of unbranched alkanes of at least 4 members (excludes halogenated alkanes) is 3. The molecule has 0 aliphatic rings. The molecule has 1 aromatic rings. The highest BCUT2D eigenvalue weighted by molar-refractivity contribution is 5.22. The van der Waals surface area contributed by atoms with Crippen molar-refractivity contribution in [2.24, 2.45) is 5.73 Å². The molecule has 0 bridgehead atoms. The minimum Gasteiger partial charge on any atom is -0.475 e. The number of nitrogens with zero attached hydrogens (tertiary/aromatic N) is 1. The molecule has 3 nitrogen and oxygen atoms in total. The second-order valence-corrected chi connectivity index (χ2v) is 4.99. The lowest BCUT2D eigenvalue weighted by Crippen LogP contribution is -2.13. The molecule has 0 amide bonds. The first-order valence-corrected chi connectivity index (χ1v) is 7.01. The van der Waals surface area contributed by atoms with Crippen molar-refractivity contribution in [1.29, 1.82) is 0 Å². The molecule has 0 aliphatic heterocycles. The highest BCUT2D eigenvalue weighted by Crippen LogP contribution is 2.17. The molecular weight excluding hydrogens is 224 g/mol. The van der Waals surface area contributed by atoms with E-state index >= 15 is 0 Å². The zero-order valence-corrected chi connectivity index (χ0v) is 11.9. The van der Waals surface area contributed by atoms with Gasteiger partial charge in [0.25, 0.3) is 0 Å². The van der Waals surface area contributed by atoms with E-state index in [0.29, 0.717) is 5.88 Å². The lowest BCUT2D eigenvalue weighted by molar-refractivity contribution is 0.198. The summed E-state index contributed by atoms with van der Waals surface area (Å²) in [7, 11) is 0.